The summed E-state index contributed by atoms with van der Waals surface area (Å²) in [6, 6.07) is 9.42. The molecule has 0 unspecified atom stereocenters. The van der Waals surface area contributed by atoms with E-state index in [9.17, 15) is 13.2 Å². The van der Waals surface area contributed by atoms with Crippen molar-refractivity contribution in [3.05, 3.63) is 36.7 Å². The fourth-order valence-electron chi connectivity index (χ4n) is 3.35. The number of hydrogen-bond donors (Lipinski definition) is 0. The van der Waals surface area contributed by atoms with Gasteiger partial charge >= 0.3 is 6.18 Å². The van der Waals surface area contributed by atoms with Gasteiger partial charge in [0.05, 0.1) is 25.0 Å². The van der Waals surface area contributed by atoms with E-state index in [4.69, 9.17) is 4.74 Å². The van der Waals surface area contributed by atoms with E-state index in [-0.39, 0.29) is 0 Å². The summed E-state index contributed by atoms with van der Waals surface area (Å²) in [5.41, 5.74) is 3.02. The Morgan fingerprint density at radius 1 is 1.07 bits per heavy atom. The first-order valence-electron chi connectivity index (χ1n) is 8.82. The Labute approximate surface area is 159 Å². The molecule has 0 radical (unpaired) electrons. The van der Waals surface area contributed by atoms with Gasteiger partial charge in [0.2, 0.25) is 5.65 Å². The van der Waals surface area contributed by atoms with E-state index in [1.165, 1.54) is 11.2 Å². The summed E-state index contributed by atoms with van der Waals surface area (Å²) < 4.78 is 44.7. The zero-order valence-corrected chi connectivity index (χ0v) is 15.2. The van der Waals surface area contributed by atoms with Crippen LogP contribution < -0.4 is 9.64 Å². The third-order valence-corrected chi connectivity index (χ3v) is 4.75. The molecule has 1 aliphatic heterocycles. The molecular formula is C18H19F3N6O. The van der Waals surface area contributed by atoms with Crippen molar-refractivity contribution in [3.63, 3.8) is 0 Å². The molecule has 0 atom stereocenters. The van der Waals surface area contributed by atoms with Gasteiger partial charge in [0.25, 0.3) is 0 Å². The van der Waals surface area contributed by atoms with Crippen molar-refractivity contribution >= 4 is 11.3 Å². The van der Waals surface area contributed by atoms with E-state index >= 15 is 0 Å². The molecule has 3 heterocycles. The number of aromatic nitrogens is 4. The van der Waals surface area contributed by atoms with Crippen LogP contribution in [0.3, 0.4) is 0 Å². The lowest BCUT2D eigenvalue weighted by Gasteiger charge is -2.36. The molecule has 0 aliphatic carbocycles. The zero-order valence-electron chi connectivity index (χ0n) is 15.2. The van der Waals surface area contributed by atoms with E-state index in [1.54, 1.807) is 11.6 Å². The second-order valence-electron chi connectivity index (χ2n) is 6.62. The van der Waals surface area contributed by atoms with Crippen LogP contribution in [0.5, 0.6) is 5.75 Å². The number of methoxy groups -OCH3 is 1. The van der Waals surface area contributed by atoms with Gasteiger partial charge in [-0.1, -0.05) is 0 Å². The molecule has 3 aromatic rings. The molecule has 7 nitrogen and oxygen atoms in total. The van der Waals surface area contributed by atoms with Gasteiger partial charge in [-0.05, 0) is 30.3 Å². The maximum Gasteiger partial charge on any atom is 0.401 e. The summed E-state index contributed by atoms with van der Waals surface area (Å²) in [5.74, 6) is 0.745. The summed E-state index contributed by atoms with van der Waals surface area (Å²) in [6.07, 6.45) is -2.66. The monoisotopic (exact) mass is 392 g/mol. The molecule has 148 valence electrons. The Morgan fingerprint density at radius 2 is 1.79 bits per heavy atom. The molecule has 0 N–H and O–H groups in total. The third-order valence-electron chi connectivity index (χ3n) is 4.75. The molecule has 28 heavy (non-hydrogen) atoms. The molecule has 0 saturated carbocycles. The van der Waals surface area contributed by atoms with E-state index in [2.05, 4.69) is 15.3 Å². The molecule has 1 fully saturated rings. The Morgan fingerprint density at radius 3 is 2.43 bits per heavy atom. The van der Waals surface area contributed by atoms with Crippen molar-refractivity contribution < 1.29 is 17.9 Å². The maximum absolute atomic E-state index is 12.6. The largest absolute Gasteiger partial charge is 0.497 e. The van der Waals surface area contributed by atoms with Gasteiger partial charge in [0, 0.05) is 31.7 Å². The van der Waals surface area contributed by atoms with E-state index < -0.39 is 12.7 Å². The average molecular weight is 392 g/mol. The summed E-state index contributed by atoms with van der Waals surface area (Å²) in [6.45, 7) is 0.740. The van der Waals surface area contributed by atoms with E-state index in [0.29, 0.717) is 31.8 Å². The minimum absolute atomic E-state index is 0.333. The molecule has 1 saturated heterocycles. The predicted molar refractivity (Wildman–Crippen MR) is 97.5 cm³/mol. The van der Waals surface area contributed by atoms with Crippen LogP contribution in [0.1, 0.15) is 0 Å². The molecule has 1 aromatic carbocycles. The van der Waals surface area contributed by atoms with Crippen molar-refractivity contribution in [2.45, 2.75) is 6.18 Å². The van der Waals surface area contributed by atoms with E-state index in [0.717, 1.165) is 22.7 Å². The van der Waals surface area contributed by atoms with Gasteiger partial charge < -0.3 is 9.64 Å². The van der Waals surface area contributed by atoms with Crippen LogP contribution in [0, 0.1) is 0 Å². The second kappa shape index (κ2) is 7.27. The molecule has 1 aliphatic rings. The van der Waals surface area contributed by atoms with Gasteiger partial charge in [-0.25, -0.2) is 0 Å². The summed E-state index contributed by atoms with van der Waals surface area (Å²) in [5, 5.41) is 12.6. The van der Waals surface area contributed by atoms with Crippen molar-refractivity contribution in [2.24, 2.45) is 0 Å². The lowest BCUT2D eigenvalue weighted by Crippen LogP contribution is -2.49. The highest BCUT2D eigenvalue weighted by Crippen LogP contribution is 2.28. The summed E-state index contributed by atoms with van der Waals surface area (Å²) in [7, 11) is 1.60. The van der Waals surface area contributed by atoms with Gasteiger partial charge in [0.15, 0.2) is 0 Å². The minimum atomic E-state index is -4.18. The van der Waals surface area contributed by atoms with Crippen LogP contribution in [0.2, 0.25) is 0 Å². The van der Waals surface area contributed by atoms with E-state index in [1.807, 2.05) is 35.2 Å². The number of nitrogens with zero attached hydrogens (tertiary/aromatic N) is 6. The third kappa shape index (κ3) is 3.86. The summed E-state index contributed by atoms with van der Waals surface area (Å²) >= 11 is 0. The Hall–Kier alpha value is -2.88. The number of halogens is 3. The van der Waals surface area contributed by atoms with Gasteiger partial charge in [-0.15, -0.1) is 10.2 Å². The van der Waals surface area contributed by atoms with Crippen LogP contribution in [-0.2, 0) is 0 Å². The number of hydrogen-bond acceptors (Lipinski definition) is 6. The Kier molecular flexibility index (Phi) is 4.80. The van der Waals surface area contributed by atoms with Crippen LogP contribution in [-0.4, -0.2) is 70.7 Å². The SMILES string of the molecule is COc1ccc(-c2cc(N3CCN(CC(F)(F)F)CC3)c3nncn3n2)cc1. The molecule has 4 rings (SSSR count). The number of alkyl halides is 3. The maximum atomic E-state index is 12.6. The number of piperazine rings is 1. The lowest BCUT2D eigenvalue weighted by molar-refractivity contribution is -0.146. The van der Waals surface area contributed by atoms with Gasteiger partial charge in [-0.2, -0.15) is 22.8 Å². The number of benzene rings is 1. The van der Waals surface area contributed by atoms with Crippen LogP contribution in [0.4, 0.5) is 18.9 Å². The van der Waals surface area contributed by atoms with Gasteiger partial charge in [-0.3, -0.25) is 4.90 Å². The molecule has 0 amide bonds. The molecular weight excluding hydrogens is 373 g/mol. The topological polar surface area (TPSA) is 58.8 Å². The second-order valence-corrected chi connectivity index (χ2v) is 6.62. The van der Waals surface area contributed by atoms with Crippen LogP contribution in [0.25, 0.3) is 16.9 Å². The molecule has 10 heteroatoms. The first kappa shape index (κ1) is 18.5. The molecule has 0 bridgehead atoms. The van der Waals surface area contributed by atoms with Crippen LogP contribution >= 0.6 is 0 Å². The highest BCUT2D eigenvalue weighted by atomic mass is 19.4. The standard InChI is InChI=1S/C18H19F3N6O/c1-28-14-4-2-13(3-5-14)15-10-16(17-23-22-12-27(17)24-15)26-8-6-25(7-9-26)11-18(19,20)21/h2-5,10,12H,6-9,11H2,1H3. The highest BCUT2D eigenvalue weighted by molar-refractivity contribution is 5.74. The Balaban J connectivity index is 1.61. The fourth-order valence-corrected chi connectivity index (χ4v) is 3.35. The predicted octanol–water partition coefficient (Wildman–Crippen LogP) is 2.48. The van der Waals surface area contributed by atoms with Gasteiger partial charge in [0.1, 0.15) is 12.1 Å². The lowest BCUT2D eigenvalue weighted by atomic mass is 10.1. The normalized spacial score (nSPS) is 15.9. The number of rotatable bonds is 4. The first-order chi connectivity index (χ1) is 13.4. The molecule has 2 aromatic heterocycles. The fraction of sp³-hybridized carbons (Fsp3) is 0.389. The van der Waals surface area contributed by atoms with Crippen molar-refractivity contribution in [2.75, 3.05) is 44.7 Å². The zero-order chi connectivity index (χ0) is 19.7. The van der Waals surface area contributed by atoms with Crippen LogP contribution in [0.15, 0.2) is 36.7 Å². The first-order valence-corrected chi connectivity index (χ1v) is 8.82. The smallest absolute Gasteiger partial charge is 0.401 e. The number of fused-ring (bicyclic) bond motifs is 1. The minimum Gasteiger partial charge on any atom is -0.497 e. The Bertz CT molecular complexity index is 948. The highest BCUT2D eigenvalue weighted by Gasteiger charge is 2.32. The number of ether oxygens (including phenoxy) is 1. The summed E-state index contributed by atoms with van der Waals surface area (Å²) in [4.78, 5) is 3.45. The average Bonchev–Trinajstić information content (AvgIpc) is 3.15. The van der Waals surface area contributed by atoms with Crippen molar-refractivity contribution in [1.29, 1.82) is 0 Å². The van der Waals surface area contributed by atoms with Crippen molar-refractivity contribution in [1.82, 2.24) is 24.7 Å². The quantitative estimate of drug-likeness (QED) is 0.680. The van der Waals surface area contributed by atoms with Crippen molar-refractivity contribution in [3.8, 4) is 17.0 Å². The molecule has 0 spiro atoms. The number of anilines is 1.